The van der Waals surface area contributed by atoms with Crippen LogP contribution in [0, 0.1) is 11.8 Å². The van der Waals surface area contributed by atoms with Gasteiger partial charge in [0.2, 0.25) is 0 Å². The van der Waals surface area contributed by atoms with Gasteiger partial charge < -0.3 is 0 Å². The Morgan fingerprint density at radius 1 is 0.920 bits per heavy atom. The summed E-state index contributed by atoms with van der Waals surface area (Å²) in [6.45, 7) is 13.1. The minimum Gasteiger partial charge on any atom is -0.295 e. The van der Waals surface area contributed by atoms with Gasteiger partial charge in [-0.3, -0.25) is 4.79 Å². The molecule has 0 fully saturated rings. The van der Waals surface area contributed by atoms with E-state index in [2.05, 4.69) is 52.8 Å². The molecule has 0 heterocycles. The molecule has 0 amide bonds. The highest BCUT2D eigenvalue weighted by Crippen LogP contribution is 2.31. The molecule has 0 spiro atoms. The van der Waals surface area contributed by atoms with Crippen LogP contribution in [0.3, 0.4) is 0 Å². The number of carbonyl (C=O) groups is 1. The van der Waals surface area contributed by atoms with Crippen molar-refractivity contribution >= 4 is 5.78 Å². The van der Waals surface area contributed by atoms with Gasteiger partial charge in [0.15, 0.2) is 5.78 Å². The van der Waals surface area contributed by atoms with E-state index in [1.54, 1.807) is 6.92 Å². The fraction of sp³-hybridized carbons (Fsp3) is 0.708. The van der Waals surface area contributed by atoms with Crippen LogP contribution in [-0.2, 0) is 6.42 Å². The second-order valence-electron chi connectivity index (χ2n) is 8.55. The van der Waals surface area contributed by atoms with Crippen molar-refractivity contribution in [3.8, 4) is 0 Å². The minimum atomic E-state index is 0.210. The Morgan fingerprint density at radius 3 is 2.16 bits per heavy atom. The molecule has 0 N–H and O–H groups in total. The van der Waals surface area contributed by atoms with Gasteiger partial charge in [-0.25, -0.2) is 0 Å². The monoisotopic (exact) mass is 344 g/mol. The van der Waals surface area contributed by atoms with E-state index in [-0.39, 0.29) is 5.78 Å². The van der Waals surface area contributed by atoms with E-state index in [1.165, 1.54) is 49.7 Å². The average molecular weight is 345 g/mol. The molecule has 1 aromatic rings. The number of benzene rings is 1. The van der Waals surface area contributed by atoms with Gasteiger partial charge in [0.1, 0.15) is 0 Å². The van der Waals surface area contributed by atoms with E-state index in [0.29, 0.717) is 5.92 Å². The summed E-state index contributed by atoms with van der Waals surface area (Å²) in [4.78, 5) is 12.1. The average Bonchev–Trinajstić information content (AvgIpc) is 2.54. The molecule has 0 aliphatic rings. The number of rotatable bonds is 12. The Hall–Kier alpha value is -1.11. The molecule has 0 radical (unpaired) electrons. The van der Waals surface area contributed by atoms with Crippen molar-refractivity contribution in [2.75, 3.05) is 0 Å². The van der Waals surface area contributed by atoms with E-state index in [4.69, 9.17) is 0 Å². The van der Waals surface area contributed by atoms with Crippen LogP contribution in [0.4, 0.5) is 0 Å². The second-order valence-corrected chi connectivity index (χ2v) is 8.55. The van der Waals surface area contributed by atoms with Crippen LogP contribution in [0.25, 0.3) is 0 Å². The highest BCUT2D eigenvalue weighted by Gasteiger charge is 2.17. The molecule has 1 heteroatoms. The molecule has 1 aromatic carbocycles. The van der Waals surface area contributed by atoms with Gasteiger partial charge in [-0.15, -0.1) is 0 Å². The molecule has 1 unspecified atom stereocenters. The molecule has 1 atom stereocenters. The van der Waals surface area contributed by atoms with Crippen molar-refractivity contribution in [2.45, 2.75) is 98.8 Å². The quantitative estimate of drug-likeness (QED) is 0.282. The first kappa shape index (κ1) is 21.9. The fourth-order valence-corrected chi connectivity index (χ4v) is 3.60. The van der Waals surface area contributed by atoms with Crippen LogP contribution in [0.2, 0.25) is 0 Å². The van der Waals surface area contributed by atoms with Crippen molar-refractivity contribution < 1.29 is 4.79 Å². The summed E-state index contributed by atoms with van der Waals surface area (Å²) in [5, 5.41) is 0. The van der Waals surface area contributed by atoms with Crippen LogP contribution in [0.5, 0.6) is 0 Å². The summed E-state index contributed by atoms with van der Waals surface area (Å²) in [5.41, 5.74) is 3.65. The first-order chi connectivity index (χ1) is 11.8. The fourth-order valence-electron chi connectivity index (χ4n) is 3.60. The van der Waals surface area contributed by atoms with Gasteiger partial charge in [-0.05, 0) is 61.5 Å². The highest BCUT2D eigenvalue weighted by atomic mass is 16.1. The van der Waals surface area contributed by atoms with Crippen LogP contribution in [0.1, 0.15) is 114 Å². The van der Waals surface area contributed by atoms with E-state index >= 15 is 0 Å². The summed E-state index contributed by atoms with van der Waals surface area (Å²) in [6.07, 6.45) is 9.92. The number of carbonyl (C=O) groups excluding carboxylic acids is 1. The molecular formula is C24H40O. The van der Waals surface area contributed by atoms with Crippen LogP contribution in [0.15, 0.2) is 18.2 Å². The number of ketones is 1. The van der Waals surface area contributed by atoms with Crippen molar-refractivity contribution in [3.05, 3.63) is 34.9 Å². The Morgan fingerprint density at radius 2 is 1.60 bits per heavy atom. The van der Waals surface area contributed by atoms with Gasteiger partial charge in [0, 0.05) is 5.56 Å². The third-order valence-corrected chi connectivity index (χ3v) is 5.27. The molecule has 0 saturated carbocycles. The van der Waals surface area contributed by atoms with Gasteiger partial charge >= 0.3 is 0 Å². The van der Waals surface area contributed by atoms with E-state index in [0.717, 1.165) is 30.2 Å². The maximum atomic E-state index is 12.1. The lowest BCUT2D eigenvalue weighted by Gasteiger charge is -2.20. The number of unbranched alkanes of at least 4 members (excludes halogenated alkanes) is 2. The predicted molar refractivity (Wildman–Crippen MR) is 111 cm³/mol. The van der Waals surface area contributed by atoms with E-state index in [1.807, 2.05) is 0 Å². The molecule has 0 bridgehead atoms. The summed E-state index contributed by atoms with van der Waals surface area (Å²) in [6, 6.07) is 6.60. The molecular weight excluding hydrogens is 304 g/mol. The van der Waals surface area contributed by atoms with Crippen molar-refractivity contribution in [1.82, 2.24) is 0 Å². The maximum Gasteiger partial charge on any atom is 0.160 e. The summed E-state index contributed by atoms with van der Waals surface area (Å²) in [7, 11) is 0. The molecule has 0 aliphatic carbocycles. The molecule has 0 aromatic heterocycles. The lowest BCUT2D eigenvalue weighted by atomic mass is 9.84. The summed E-state index contributed by atoms with van der Waals surface area (Å²) >= 11 is 0. The molecule has 25 heavy (non-hydrogen) atoms. The van der Waals surface area contributed by atoms with E-state index in [9.17, 15) is 4.79 Å². The van der Waals surface area contributed by atoms with Crippen molar-refractivity contribution in [1.29, 1.82) is 0 Å². The van der Waals surface area contributed by atoms with Gasteiger partial charge in [0.05, 0.1) is 0 Å². The number of aryl methyl sites for hydroxylation is 1. The normalized spacial score (nSPS) is 12.8. The van der Waals surface area contributed by atoms with Crippen LogP contribution < -0.4 is 0 Å². The first-order valence-corrected chi connectivity index (χ1v) is 10.5. The predicted octanol–water partition coefficient (Wildman–Crippen LogP) is 7.58. The zero-order chi connectivity index (χ0) is 18.8. The topological polar surface area (TPSA) is 17.1 Å². The second kappa shape index (κ2) is 11.5. The molecule has 0 aliphatic heterocycles. The summed E-state index contributed by atoms with van der Waals surface area (Å²) < 4.78 is 0. The lowest BCUT2D eigenvalue weighted by Crippen LogP contribution is -2.08. The van der Waals surface area contributed by atoms with Gasteiger partial charge in [0.25, 0.3) is 0 Å². The Kier molecular flexibility index (Phi) is 10.1. The summed E-state index contributed by atoms with van der Waals surface area (Å²) in [5.74, 6) is 2.26. The molecule has 1 nitrogen and oxygen atoms in total. The third-order valence-electron chi connectivity index (χ3n) is 5.27. The SMILES string of the molecule is CCC(CCC(C)C)c1cc(CCCCCC(C)C)ccc1C(C)=O. The highest BCUT2D eigenvalue weighted by molar-refractivity contribution is 5.95. The molecule has 1 rings (SSSR count). The zero-order valence-corrected chi connectivity index (χ0v) is 17.5. The Labute approximate surface area is 156 Å². The Balaban J connectivity index is 2.80. The lowest BCUT2D eigenvalue weighted by molar-refractivity contribution is 0.101. The Bertz CT molecular complexity index is 513. The van der Waals surface area contributed by atoms with Crippen LogP contribution in [-0.4, -0.2) is 5.78 Å². The number of Topliss-reactive ketones (excluding diaryl/α,β-unsaturated/α-hetero) is 1. The first-order valence-electron chi connectivity index (χ1n) is 10.5. The maximum absolute atomic E-state index is 12.1. The van der Waals surface area contributed by atoms with Crippen molar-refractivity contribution in [2.24, 2.45) is 11.8 Å². The van der Waals surface area contributed by atoms with Gasteiger partial charge in [-0.2, -0.15) is 0 Å². The zero-order valence-electron chi connectivity index (χ0n) is 17.5. The largest absolute Gasteiger partial charge is 0.295 e. The molecule has 0 saturated heterocycles. The standard InChI is InChI=1S/C24H40O/c1-7-22(15-13-19(4)5)24-17-21(14-16-23(24)20(6)25)12-10-8-9-11-18(2)3/h14,16-19,22H,7-13,15H2,1-6H3. The van der Waals surface area contributed by atoms with E-state index < -0.39 is 0 Å². The molecule has 142 valence electrons. The third kappa shape index (κ3) is 8.21. The number of hydrogen-bond donors (Lipinski definition) is 0. The minimum absolute atomic E-state index is 0.210. The van der Waals surface area contributed by atoms with Gasteiger partial charge in [-0.1, -0.05) is 78.5 Å². The number of hydrogen-bond acceptors (Lipinski definition) is 1. The smallest absolute Gasteiger partial charge is 0.160 e. The van der Waals surface area contributed by atoms with Crippen LogP contribution >= 0.6 is 0 Å². The van der Waals surface area contributed by atoms with Crippen molar-refractivity contribution in [3.63, 3.8) is 0 Å².